The lowest BCUT2D eigenvalue weighted by molar-refractivity contribution is -0.0687. The summed E-state index contributed by atoms with van der Waals surface area (Å²) in [5.74, 6) is 2.65. The number of nitrogens with one attached hydrogen (secondary N) is 1. The molecule has 0 saturated heterocycles. The van der Waals surface area contributed by atoms with Crippen LogP contribution in [0.2, 0.25) is 4.34 Å². The van der Waals surface area contributed by atoms with E-state index >= 15 is 0 Å². The van der Waals surface area contributed by atoms with Gasteiger partial charge in [-0.2, -0.15) is 0 Å². The Kier molecular flexibility index (Phi) is 4.66. The maximum atomic E-state index is 13.6. The summed E-state index contributed by atoms with van der Waals surface area (Å²) in [5.41, 5.74) is 2.65. The number of hydrogen-bond donors (Lipinski definition) is 1. The van der Waals surface area contributed by atoms with Gasteiger partial charge in [0.05, 0.1) is 26.0 Å². The fraction of sp³-hybridized carbons (Fsp3) is 0.462. The van der Waals surface area contributed by atoms with Crippen LogP contribution in [0.4, 0.5) is 0 Å². The molecule has 4 bridgehead atoms. The Balaban J connectivity index is 1.33. The highest BCUT2D eigenvalue weighted by atomic mass is 35.5. The highest BCUT2D eigenvalue weighted by Crippen LogP contribution is 2.61. The third-order valence-corrected chi connectivity index (χ3v) is 9.39. The number of rotatable bonds is 4. The first kappa shape index (κ1) is 19.8. The Labute approximate surface area is 192 Å². The van der Waals surface area contributed by atoms with E-state index in [-0.39, 0.29) is 17.4 Å². The molecule has 160 valence electrons. The van der Waals surface area contributed by atoms with Crippen LogP contribution in [0.1, 0.15) is 55.8 Å². The fourth-order valence-electron chi connectivity index (χ4n) is 7.08. The zero-order chi connectivity index (χ0) is 21.2. The van der Waals surface area contributed by atoms with Crippen molar-refractivity contribution in [1.82, 2.24) is 10.3 Å². The van der Waals surface area contributed by atoms with Crippen molar-refractivity contribution in [3.05, 3.63) is 52.4 Å². The average Bonchev–Trinajstić information content (AvgIpc) is 3.18. The van der Waals surface area contributed by atoms with Crippen molar-refractivity contribution < 1.29 is 4.79 Å². The van der Waals surface area contributed by atoms with Gasteiger partial charge in [0.2, 0.25) is 0 Å². The number of pyridine rings is 1. The van der Waals surface area contributed by atoms with Crippen molar-refractivity contribution in [1.29, 1.82) is 0 Å². The molecule has 31 heavy (non-hydrogen) atoms. The number of para-hydroxylation sites is 1. The Morgan fingerprint density at radius 2 is 1.77 bits per heavy atom. The molecule has 4 saturated carbocycles. The number of halogens is 1. The topological polar surface area (TPSA) is 42.0 Å². The van der Waals surface area contributed by atoms with Gasteiger partial charge in [0.25, 0.3) is 5.91 Å². The molecule has 0 unspecified atom stereocenters. The predicted molar refractivity (Wildman–Crippen MR) is 128 cm³/mol. The first-order valence-electron chi connectivity index (χ1n) is 11.5. The zero-order valence-electron chi connectivity index (χ0n) is 17.7. The number of amides is 1. The van der Waals surface area contributed by atoms with Crippen LogP contribution in [0.3, 0.4) is 0 Å². The van der Waals surface area contributed by atoms with Crippen molar-refractivity contribution in [3.8, 4) is 10.6 Å². The summed E-state index contributed by atoms with van der Waals surface area (Å²) in [4.78, 5) is 19.4. The number of nitrogens with zero attached hydrogens (tertiary/aromatic N) is 1. The minimum absolute atomic E-state index is 0.0192. The Morgan fingerprint density at radius 1 is 1.10 bits per heavy atom. The Bertz CT molecular complexity index is 1130. The second-order valence-corrected chi connectivity index (χ2v) is 11.9. The SMILES string of the molecule is C[C@H](NC(=O)c1cc(-c2ccc(Cl)s2)nc2ccccc12)C12CC3CC(CC(C3)C1)C2. The number of fused-ring (bicyclic) bond motifs is 1. The molecular formula is C26H27ClN2OS. The first-order chi connectivity index (χ1) is 15.0. The summed E-state index contributed by atoms with van der Waals surface area (Å²) in [6.45, 7) is 2.24. The number of hydrogen-bond acceptors (Lipinski definition) is 3. The third kappa shape index (κ3) is 3.39. The minimum Gasteiger partial charge on any atom is -0.349 e. The van der Waals surface area contributed by atoms with Gasteiger partial charge in [-0.1, -0.05) is 29.8 Å². The third-order valence-electron chi connectivity index (χ3n) is 8.14. The van der Waals surface area contributed by atoms with Gasteiger partial charge in [0, 0.05) is 11.4 Å². The van der Waals surface area contributed by atoms with Gasteiger partial charge in [0.1, 0.15) is 0 Å². The molecular weight excluding hydrogens is 424 g/mol. The van der Waals surface area contributed by atoms with Gasteiger partial charge in [0.15, 0.2) is 0 Å². The van der Waals surface area contributed by atoms with Crippen molar-refractivity contribution in [3.63, 3.8) is 0 Å². The van der Waals surface area contributed by atoms with E-state index in [1.165, 1.54) is 49.9 Å². The van der Waals surface area contributed by atoms with E-state index in [9.17, 15) is 4.79 Å². The van der Waals surface area contributed by atoms with E-state index in [0.717, 1.165) is 43.6 Å². The van der Waals surface area contributed by atoms with Crippen LogP contribution in [0, 0.1) is 23.2 Å². The lowest BCUT2D eigenvalue weighted by Crippen LogP contribution is -2.55. The van der Waals surface area contributed by atoms with E-state index < -0.39 is 0 Å². The smallest absolute Gasteiger partial charge is 0.252 e. The number of benzene rings is 1. The van der Waals surface area contributed by atoms with Crippen molar-refractivity contribution >= 4 is 39.7 Å². The highest BCUT2D eigenvalue weighted by molar-refractivity contribution is 7.19. The van der Waals surface area contributed by atoms with Gasteiger partial charge in [-0.05, 0) is 92.9 Å². The molecule has 3 nitrogen and oxygen atoms in total. The molecule has 0 aliphatic heterocycles. The van der Waals surface area contributed by atoms with Gasteiger partial charge < -0.3 is 5.32 Å². The van der Waals surface area contributed by atoms with Crippen molar-refractivity contribution in [2.75, 3.05) is 0 Å². The molecule has 3 aromatic rings. The molecule has 2 heterocycles. The standard InChI is InChI=1S/C26H27ClN2OS/c1-15(26-12-16-8-17(13-26)10-18(9-16)14-26)28-25(30)20-11-22(23-6-7-24(27)31-23)29-21-5-3-2-4-19(20)21/h2-7,11,15-18H,8-10,12-14H2,1H3,(H,28,30)/t15-,16?,17?,18?,26?/m0/s1. The average molecular weight is 451 g/mol. The minimum atomic E-state index is 0.0192. The number of thiophene rings is 1. The fourth-order valence-corrected chi connectivity index (χ4v) is 8.08. The van der Waals surface area contributed by atoms with Crippen LogP contribution in [0.15, 0.2) is 42.5 Å². The summed E-state index contributed by atoms with van der Waals surface area (Å²) in [6.07, 6.45) is 8.12. The summed E-state index contributed by atoms with van der Waals surface area (Å²) in [5, 5.41) is 4.35. The van der Waals surface area contributed by atoms with E-state index in [1.54, 1.807) is 0 Å². The molecule has 7 rings (SSSR count). The molecule has 0 radical (unpaired) electrons. The van der Waals surface area contributed by atoms with Crippen LogP contribution in [0.25, 0.3) is 21.5 Å². The van der Waals surface area contributed by atoms with Crippen molar-refractivity contribution in [2.45, 2.75) is 51.5 Å². The lowest BCUT2D eigenvalue weighted by Gasteiger charge is -2.59. The van der Waals surface area contributed by atoms with E-state index in [1.807, 2.05) is 42.5 Å². The summed E-state index contributed by atoms with van der Waals surface area (Å²) in [6, 6.07) is 13.9. The van der Waals surface area contributed by atoms with Gasteiger partial charge in [-0.25, -0.2) is 4.98 Å². The number of aromatic nitrogens is 1. The van der Waals surface area contributed by atoms with Gasteiger partial charge >= 0.3 is 0 Å². The largest absolute Gasteiger partial charge is 0.349 e. The second-order valence-electron chi connectivity index (χ2n) is 10.2. The molecule has 4 fully saturated rings. The molecule has 0 spiro atoms. The molecule has 2 aromatic heterocycles. The molecule has 5 heteroatoms. The van der Waals surface area contributed by atoms with Crippen LogP contribution >= 0.6 is 22.9 Å². The Hall–Kier alpha value is -1.91. The lowest BCUT2D eigenvalue weighted by atomic mass is 9.48. The van der Waals surface area contributed by atoms with Gasteiger partial charge in [-0.3, -0.25) is 4.79 Å². The van der Waals surface area contributed by atoms with Crippen LogP contribution < -0.4 is 5.32 Å². The Morgan fingerprint density at radius 3 is 2.42 bits per heavy atom. The van der Waals surface area contributed by atoms with Gasteiger partial charge in [-0.15, -0.1) is 11.3 Å². The maximum absolute atomic E-state index is 13.6. The van der Waals surface area contributed by atoms with Crippen LogP contribution in [-0.4, -0.2) is 16.9 Å². The number of carbonyl (C=O) groups excluding carboxylic acids is 1. The predicted octanol–water partition coefficient (Wildman–Crippen LogP) is 6.95. The monoisotopic (exact) mass is 450 g/mol. The molecule has 4 aliphatic rings. The second kappa shape index (κ2) is 7.31. The summed E-state index contributed by atoms with van der Waals surface area (Å²) >= 11 is 7.65. The summed E-state index contributed by atoms with van der Waals surface area (Å²) in [7, 11) is 0. The molecule has 4 aliphatic carbocycles. The van der Waals surface area contributed by atoms with E-state index in [4.69, 9.17) is 16.6 Å². The summed E-state index contributed by atoms with van der Waals surface area (Å²) < 4.78 is 0.728. The van der Waals surface area contributed by atoms with Crippen LogP contribution in [0.5, 0.6) is 0 Å². The van der Waals surface area contributed by atoms with E-state index in [0.29, 0.717) is 5.56 Å². The first-order valence-corrected chi connectivity index (χ1v) is 12.6. The quantitative estimate of drug-likeness (QED) is 0.467. The maximum Gasteiger partial charge on any atom is 0.252 e. The van der Waals surface area contributed by atoms with Crippen LogP contribution in [-0.2, 0) is 0 Å². The normalized spacial score (nSPS) is 29.9. The van der Waals surface area contributed by atoms with E-state index in [2.05, 4.69) is 12.2 Å². The number of carbonyl (C=O) groups is 1. The highest BCUT2D eigenvalue weighted by Gasteiger charge is 2.53. The molecule has 1 atom stereocenters. The molecule has 1 N–H and O–H groups in total. The van der Waals surface area contributed by atoms with Crippen molar-refractivity contribution in [2.24, 2.45) is 23.2 Å². The molecule has 1 amide bonds. The molecule has 1 aromatic carbocycles. The zero-order valence-corrected chi connectivity index (χ0v) is 19.3.